The molecule has 0 unspecified atom stereocenters. The van der Waals surface area contributed by atoms with Crippen molar-refractivity contribution in [2.75, 3.05) is 13.7 Å². The lowest BCUT2D eigenvalue weighted by Crippen LogP contribution is -2.61. The Labute approximate surface area is 156 Å². The highest BCUT2D eigenvalue weighted by molar-refractivity contribution is 6.91. The monoisotopic (exact) mass is 369 g/mol. The lowest BCUT2D eigenvalue weighted by atomic mass is 10.2. The van der Waals surface area contributed by atoms with Crippen LogP contribution in [0.5, 0.6) is 0 Å². The molecule has 0 aliphatic rings. The van der Waals surface area contributed by atoms with Gasteiger partial charge < -0.3 is 9.64 Å². The maximum Gasteiger partial charge on any atom is 0.307 e. The van der Waals surface area contributed by atoms with Crippen molar-refractivity contribution in [3.63, 3.8) is 0 Å². The largest absolute Gasteiger partial charge is 0.466 e. The average molecular weight is 370 g/mol. The normalized spacial score (nSPS) is 12.3. The van der Waals surface area contributed by atoms with Gasteiger partial charge in [-0.3, -0.25) is 9.59 Å². The van der Waals surface area contributed by atoms with Crippen LogP contribution < -0.4 is 5.19 Å². The van der Waals surface area contributed by atoms with E-state index in [9.17, 15) is 9.59 Å². The number of rotatable bonds is 7. The molecule has 2 aromatic carbocycles. The molecule has 0 saturated carbocycles. The highest BCUT2D eigenvalue weighted by Gasteiger charge is 2.40. The molecule has 0 bridgehead atoms. The first-order valence-corrected chi connectivity index (χ1v) is 12.0. The third-order valence-corrected chi connectivity index (χ3v) is 8.90. The number of nitrogens with zero attached hydrogens (tertiary/aromatic N) is 1. The number of ether oxygens (including phenoxy) is 1. The van der Waals surface area contributed by atoms with Gasteiger partial charge in [0, 0.05) is 18.3 Å². The second kappa shape index (κ2) is 8.81. The molecular weight excluding hydrogens is 342 g/mol. The third kappa shape index (κ3) is 4.61. The zero-order valence-electron chi connectivity index (χ0n) is 15.9. The van der Waals surface area contributed by atoms with Gasteiger partial charge in [-0.25, -0.2) is 0 Å². The summed E-state index contributed by atoms with van der Waals surface area (Å²) in [6, 6.07) is 19.4. The highest BCUT2D eigenvalue weighted by atomic mass is 28.3. The van der Waals surface area contributed by atoms with E-state index in [1.807, 2.05) is 36.4 Å². The molecule has 2 aromatic rings. The second-order valence-electron chi connectivity index (χ2n) is 6.89. The van der Waals surface area contributed by atoms with Crippen LogP contribution in [0.25, 0.3) is 0 Å². The van der Waals surface area contributed by atoms with Gasteiger partial charge in [0.25, 0.3) is 5.91 Å². The van der Waals surface area contributed by atoms with Crippen molar-refractivity contribution in [1.29, 1.82) is 0 Å². The van der Waals surface area contributed by atoms with Crippen LogP contribution in [0.3, 0.4) is 0 Å². The minimum Gasteiger partial charge on any atom is -0.466 e. The molecule has 138 valence electrons. The van der Waals surface area contributed by atoms with Crippen molar-refractivity contribution < 1.29 is 14.3 Å². The minimum absolute atomic E-state index is 0.0728. The van der Waals surface area contributed by atoms with E-state index in [4.69, 9.17) is 4.74 Å². The fraction of sp³-hybridized carbons (Fsp3) is 0.333. The zero-order chi connectivity index (χ0) is 19.2. The lowest BCUT2D eigenvalue weighted by molar-refractivity contribution is -0.143. The van der Waals surface area contributed by atoms with Crippen LogP contribution in [0.1, 0.15) is 23.7 Å². The predicted octanol–water partition coefficient (Wildman–Crippen LogP) is 3.24. The summed E-state index contributed by atoms with van der Waals surface area (Å²) in [6.07, 6.45) is 0.205. The number of benzene rings is 2. The van der Waals surface area contributed by atoms with Gasteiger partial charge in [-0.05, 0) is 19.1 Å². The Balaban J connectivity index is 2.37. The van der Waals surface area contributed by atoms with E-state index in [2.05, 4.69) is 25.2 Å². The smallest absolute Gasteiger partial charge is 0.307 e. The van der Waals surface area contributed by atoms with Crippen molar-refractivity contribution in [2.24, 2.45) is 0 Å². The lowest BCUT2D eigenvalue weighted by Gasteiger charge is -2.39. The maximum absolute atomic E-state index is 13.0. The van der Waals surface area contributed by atoms with Gasteiger partial charge in [0.05, 0.1) is 13.0 Å². The van der Waals surface area contributed by atoms with E-state index < -0.39 is 8.07 Å². The molecule has 0 radical (unpaired) electrons. The molecule has 2 rings (SSSR count). The summed E-state index contributed by atoms with van der Waals surface area (Å²) in [7, 11) is -0.367. The Kier molecular flexibility index (Phi) is 6.74. The van der Waals surface area contributed by atoms with Crippen molar-refractivity contribution in [2.45, 2.75) is 32.1 Å². The molecule has 0 fully saturated rings. The number of carbonyl (C=O) groups is 2. The van der Waals surface area contributed by atoms with E-state index in [0.29, 0.717) is 12.2 Å². The third-order valence-electron chi connectivity index (χ3n) is 4.82. The Hall–Kier alpha value is -2.40. The van der Waals surface area contributed by atoms with Crippen LogP contribution in [0.4, 0.5) is 0 Å². The number of hydrogen-bond donors (Lipinski definition) is 0. The van der Waals surface area contributed by atoms with Gasteiger partial charge in [-0.15, -0.1) is 0 Å². The van der Waals surface area contributed by atoms with Crippen LogP contribution in [0, 0.1) is 0 Å². The van der Waals surface area contributed by atoms with Crippen LogP contribution in [0.15, 0.2) is 60.7 Å². The second-order valence-corrected chi connectivity index (χ2v) is 11.6. The molecule has 0 N–H and O–H groups in total. The topological polar surface area (TPSA) is 46.6 Å². The van der Waals surface area contributed by atoms with Crippen LogP contribution in [-0.4, -0.2) is 44.2 Å². The molecule has 0 spiro atoms. The molecule has 5 heteroatoms. The Bertz CT molecular complexity index is 731. The van der Waals surface area contributed by atoms with Crippen molar-refractivity contribution in [3.8, 4) is 0 Å². The number of amides is 1. The van der Waals surface area contributed by atoms with Gasteiger partial charge in [-0.1, -0.05) is 66.8 Å². The summed E-state index contributed by atoms with van der Waals surface area (Å²) in [5.74, 6) is -0.335. The maximum atomic E-state index is 13.0. The quantitative estimate of drug-likeness (QED) is 0.556. The van der Waals surface area contributed by atoms with Gasteiger partial charge in [-0.2, -0.15) is 0 Å². The molecule has 0 aliphatic heterocycles. The first-order valence-electron chi connectivity index (χ1n) is 8.91. The van der Waals surface area contributed by atoms with E-state index >= 15 is 0 Å². The first kappa shape index (κ1) is 19.9. The van der Waals surface area contributed by atoms with Gasteiger partial charge >= 0.3 is 5.97 Å². The fourth-order valence-electron chi connectivity index (χ4n) is 3.24. The fourth-order valence-corrected chi connectivity index (χ4v) is 6.44. The van der Waals surface area contributed by atoms with E-state index in [1.165, 1.54) is 5.19 Å². The molecule has 0 heterocycles. The summed E-state index contributed by atoms with van der Waals surface area (Å²) in [4.78, 5) is 27.0. The van der Waals surface area contributed by atoms with Crippen LogP contribution in [-0.2, 0) is 9.53 Å². The van der Waals surface area contributed by atoms with Gasteiger partial charge in [0.2, 0.25) is 0 Å². The van der Waals surface area contributed by atoms with Crippen molar-refractivity contribution in [3.05, 3.63) is 66.2 Å². The summed E-state index contributed by atoms with van der Waals surface area (Å²) >= 11 is 0. The van der Waals surface area contributed by atoms with E-state index in [1.54, 1.807) is 31.0 Å². The van der Waals surface area contributed by atoms with Crippen molar-refractivity contribution in [1.82, 2.24) is 4.90 Å². The number of carbonyl (C=O) groups excluding carboxylic acids is 2. The molecule has 0 saturated heterocycles. The zero-order valence-corrected chi connectivity index (χ0v) is 16.9. The summed E-state index contributed by atoms with van der Waals surface area (Å²) in [5.41, 5.74) is 0.429. The predicted molar refractivity (Wildman–Crippen MR) is 107 cm³/mol. The van der Waals surface area contributed by atoms with E-state index in [0.717, 1.165) is 0 Å². The SMILES string of the molecule is CCOC(=O)C[C@@H](N(C)C(=O)c1ccccc1)[Si](C)(C)c1ccccc1. The Morgan fingerprint density at radius 1 is 1.00 bits per heavy atom. The molecule has 1 atom stereocenters. The van der Waals surface area contributed by atoms with Gasteiger partial charge in [0.1, 0.15) is 8.07 Å². The highest BCUT2D eigenvalue weighted by Crippen LogP contribution is 2.20. The molecular formula is C21H27NO3Si. The van der Waals surface area contributed by atoms with Crippen LogP contribution in [0.2, 0.25) is 13.1 Å². The molecule has 0 aliphatic carbocycles. The molecule has 26 heavy (non-hydrogen) atoms. The van der Waals surface area contributed by atoms with E-state index in [-0.39, 0.29) is 24.0 Å². The van der Waals surface area contributed by atoms with Gasteiger partial charge in [0.15, 0.2) is 0 Å². The number of hydrogen-bond acceptors (Lipinski definition) is 3. The Morgan fingerprint density at radius 2 is 1.54 bits per heavy atom. The molecule has 1 amide bonds. The van der Waals surface area contributed by atoms with Crippen LogP contribution >= 0.6 is 0 Å². The summed E-state index contributed by atoms with van der Waals surface area (Å²) in [6.45, 7) is 6.53. The standard InChI is InChI=1S/C21H27NO3Si/c1-5-25-20(23)16-19(26(3,4)18-14-10-7-11-15-18)22(2)21(24)17-12-8-6-9-13-17/h6-15,19H,5,16H2,1-4H3/t19-/m0/s1. The number of esters is 1. The summed E-state index contributed by atoms with van der Waals surface area (Å²) < 4.78 is 5.18. The Morgan fingerprint density at radius 3 is 2.08 bits per heavy atom. The average Bonchev–Trinajstić information content (AvgIpc) is 2.66. The van der Waals surface area contributed by atoms with Crippen molar-refractivity contribution >= 4 is 25.1 Å². The molecule has 4 nitrogen and oxygen atoms in total. The summed E-state index contributed by atoms with van der Waals surface area (Å²) in [5, 5.41) is 1.21. The first-order chi connectivity index (χ1) is 12.4. The minimum atomic E-state index is -2.16. The molecule has 0 aromatic heterocycles.